The minimum atomic E-state index is -5.87. The van der Waals surface area contributed by atoms with Gasteiger partial charge in [-0.25, -0.2) is 12.8 Å². The maximum absolute atomic E-state index is 13.6. The van der Waals surface area contributed by atoms with Gasteiger partial charge in [0.1, 0.15) is 10.7 Å². The predicted molar refractivity (Wildman–Crippen MR) is 80.5 cm³/mol. The van der Waals surface area contributed by atoms with Crippen LogP contribution in [0.4, 0.5) is 23.2 Å². The van der Waals surface area contributed by atoms with Crippen LogP contribution in [0.5, 0.6) is 0 Å². The third-order valence-electron chi connectivity index (χ3n) is 4.62. The molecule has 2 aliphatic rings. The topological polar surface area (TPSA) is 89.3 Å². The Hall–Kier alpha value is -1.94. The number of benzene rings is 1. The summed E-state index contributed by atoms with van der Waals surface area (Å²) in [6.45, 7) is 0. The molecule has 0 saturated heterocycles. The summed E-state index contributed by atoms with van der Waals surface area (Å²) >= 11 is 0. The van der Waals surface area contributed by atoms with Crippen LogP contribution in [0.1, 0.15) is 6.42 Å². The third-order valence-corrected chi connectivity index (χ3v) is 6.12. The molecule has 4 atom stereocenters. The van der Waals surface area contributed by atoms with Crippen molar-refractivity contribution >= 4 is 21.4 Å². The lowest BCUT2D eigenvalue weighted by atomic mass is 9.88. The van der Waals surface area contributed by atoms with Crippen LogP contribution in [0, 0.1) is 23.6 Å². The Kier molecular flexibility index (Phi) is 4.15. The average molecular weight is 378 g/mol. The van der Waals surface area contributed by atoms with E-state index >= 15 is 0 Å². The van der Waals surface area contributed by atoms with Crippen molar-refractivity contribution in [1.82, 2.24) is 0 Å². The first-order valence-electron chi connectivity index (χ1n) is 7.38. The van der Waals surface area contributed by atoms with E-state index in [9.17, 15) is 30.8 Å². The molecule has 10 heteroatoms. The molecule has 1 aromatic rings. The van der Waals surface area contributed by atoms with E-state index in [1.807, 2.05) is 12.2 Å². The summed E-state index contributed by atoms with van der Waals surface area (Å²) in [6, 6.07) is 1.60. The number of amides is 1. The number of nitrogens with two attached hydrogens (primary N) is 1. The van der Waals surface area contributed by atoms with Crippen LogP contribution >= 0.6 is 0 Å². The van der Waals surface area contributed by atoms with Crippen molar-refractivity contribution in [3.05, 3.63) is 36.2 Å². The highest BCUT2D eigenvalue weighted by Gasteiger charge is 2.49. The molecule has 25 heavy (non-hydrogen) atoms. The number of allylic oxidation sites excluding steroid dienone is 1. The molecule has 3 N–H and O–H groups in total. The first kappa shape index (κ1) is 17.9. The van der Waals surface area contributed by atoms with Crippen LogP contribution in [0.15, 0.2) is 35.2 Å². The van der Waals surface area contributed by atoms with Crippen molar-refractivity contribution in [2.75, 3.05) is 5.32 Å². The van der Waals surface area contributed by atoms with Gasteiger partial charge in [0.15, 0.2) is 0 Å². The Labute approximate surface area is 140 Å². The maximum Gasteiger partial charge on any atom is 0.502 e. The van der Waals surface area contributed by atoms with Crippen LogP contribution in [0.3, 0.4) is 0 Å². The van der Waals surface area contributed by atoms with Gasteiger partial charge in [-0.15, -0.1) is 0 Å². The van der Waals surface area contributed by atoms with Crippen molar-refractivity contribution in [2.45, 2.75) is 22.9 Å². The van der Waals surface area contributed by atoms with Crippen LogP contribution in [0.2, 0.25) is 0 Å². The molecule has 0 heterocycles. The number of nitrogens with one attached hydrogen (secondary N) is 1. The van der Waals surface area contributed by atoms with E-state index in [1.165, 1.54) is 0 Å². The number of halogens is 4. The summed E-state index contributed by atoms with van der Waals surface area (Å²) in [5.74, 6) is -2.65. The predicted octanol–water partition coefficient (Wildman–Crippen LogP) is 2.21. The molecule has 5 nitrogen and oxygen atoms in total. The number of hydrogen-bond donors (Lipinski definition) is 2. The third kappa shape index (κ3) is 2.93. The number of carbonyl (C=O) groups is 1. The molecule has 0 radical (unpaired) electrons. The highest BCUT2D eigenvalue weighted by molar-refractivity contribution is 7.92. The standard InChI is InChI=1S/C15H14F4N2O3S/c16-10-4-3-9(6-11(10)25(23,24)15(17,18)19)21-14(22)12-7-1-2-8(5-7)13(12)20/h1-4,6-8,12-13H,5,20H2,(H,21,22)/t7-,8+,12+,13-/m1/s1. The van der Waals surface area contributed by atoms with Gasteiger partial charge in [-0.05, 0) is 36.5 Å². The van der Waals surface area contributed by atoms with Crippen molar-refractivity contribution in [3.8, 4) is 0 Å². The van der Waals surface area contributed by atoms with Gasteiger partial charge >= 0.3 is 5.51 Å². The molecule has 0 aromatic heterocycles. The summed E-state index contributed by atoms with van der Waals surface area (Å²) in [5, 5.41) is 2.34. The van der Waals surface area contributed by atoms with Gasteiger partial charge in [0.2, 0.25) is 5.91 Å². The van der Waals surface area contributed by atoms with Crippen LogP contribution < -0.4 is 11.1 Å². The molecule has 1 amide bonds. The molecule has 1 aromatic carbocycles. The Morgan fingerprint density at radius 1 is 1.20 bits per heavy atom. The second-order valence-corrected chi connectivity index (χ2v) is 8.04. The number of rotatable bonds is 3. The van der Waals surface area contributed by atoms with Crippen molar-refractivity contribution < 1.29 is 30.8 Å². The van der Waals surface area contributed by atoms with Crippen molar-refractivity contribution in [1.29, 1.82) is 0 Å². The lowest BCUT2D eigenvalue weighted by Gasteiger charge is -2.23. The molecule has 0 unspecified atom stereocenters. The van der Waals surface area contributed by atoms with Gasteiger partial charge < -0.3 is 11.1 Å². The number of alkyl halides is 3. The Morgan fingerprint density at radius 3 is 2.40 bits per heavy atom. The average Bonchev–Trinajstić information content (AvgIpc) is 3.08. The highest BCUT2D eigenvalue weighted by Crippen LogP contribution is 2.43. The Bertz CT molecular complexity index is 851. The van der Waals surface area contributed by atoms with E-state index in [0.717, 1.165) is 12.5 Å². The molecule has 3 rings (SSSR count). The first-order chi connectivity index (χ1) is 11.5. The van der Waals surface area contributed by atoms with E-state index in [1.54, 1.807) is 0 Å². The van der Waals surface area contributed by atoms with Crippen LogP contribution in [-0.2, 0) is 14.6 Å². The number of carbonyl (C=O) groups excluding carboxylic acids is 1. The molecule has 136 valence electrons. The second kappa shape index (κ2) is 5.80. The lowest BCUT2D eigenvalue weighted by Crippen LogP contribution is -2.41. The Morgan fingerprint density at radius 2 is 1.84 bits per heavy atom. The minimum absolute atomic E-state index is 0.0649. The van der Waals surface area contributed by atoms with Crippen LogP contribution in [-0.4, -0.2) is 25.9 Å². The van der Waals surface area contributed by atoms with E-state index < -0.39 is 43.9 Å². The number of sulfone groups is 1. The second-order valence-electron chi connectivity index (χ2n) is 6.14. The summed E-state index contributed by atoms with van der Waals surface area (Å²) in [6.07, 6.45) is 4.50. The number of fused-ring (bicyclic) bond motifs is 2. The largest absolute Gasteiger partial charge is 0.502 e. The van der Waals surface area contributed by atoms with E-state index in [-0.39, 0.29) is 17.5 Å². The summed E-state index contributed by atoms with van der Waals surface area (Å²) in [5.41, 5.74) is 0.0953. The summed E-state index contributed by atoms with van der Waals surface area (Å²) in [4.78, 5) is 10.8. The Balaban J connectivity index is 1.86. The van der Waals surface area contributed by atoms with Gasteiger partial charge in [0.25, 0.3) is 9.84 Å². The molecular weight excluding hydrogens is 364 g/mol. The van der Waals surface area contributed by atoms with Gasteiger partial charge in [0.05, 0.1) is 5.92 Å². The molecule has 1 saturated carbocycles. The fourth-order valence-electron chi connectivity index (χ4n) is 3.37. The van der Waals surface area contributed by atoms with Gasteiger partial charge in [0, 0.05) is 11.7 Å². The zero-order chi connectivity index (χ0) is 18.6. The SMILES string of the molecule is N[C@H]1[C@@H](C(=O)Nc2ccc(F)c(S(=O)(=O)C(F)(F)F)c2)[C@@H]2C=C[C@H]1C2. The van der Waals surface area contributed by atoms with E-state index in [4.69, 9.17) is 5.73 Å². The van der Waals surface area contributed by atoms with Gasteiger partial charge in [-0.2, -0.15) is 13.2 Å². The minimum Gasteiger partial charge on any atom is -0.326 e. The molecule has 1 fully saturated rings. The van der Waals surface area contributed by atoms with E-state index in [2.05, 4.69) is 5.32 Å². The molecule has 0 aliphatic heterocycles. The van der Waals surface area contributed by atoms with Crippen molar-refractivity contribution in [3.63, 3.8) is 0 Å². The van der Waals surface area contributed by atoms with Gasteiger partial charge in [-0.1, -0.05) is 12.2 Å². The monoisotopic (exact) mass is 378 g/mol. The quantitative estimate of drug-likeness (QED) is 0.623. The lowest BCUT2D eigenvalue weighted by molar-refractivity contribution is -0.120. The highest BCUT2D eigenvalue weighted by atomic mass is 32.2. The zero-order valence-electron chi connectivity index (χ0n) is 12.6. The molecular formula is C15H14F4N2O3S. The summed E-state index contributed by atoms with van der Waals surface area (Å²) in [7, 11) is -5.87. The fraction of sp³-hybridized carbons (Fsp3) is 0.400. The van der Waals surface area contributed by atoms with Gasteiger partial charge in [-0.3, -0.25) is 4.79 Å². The van der Waals surface area contributed by atoms with Crippen LogP contribution in [0.25, 0.3) is 0 Å². The fourth-order valence-corrected chi connectivity index (χ4v) is 4.22. The summed E-state index contributed by atoms with van der Waals surface area (Å²) < 4.78 is 74.3. The molecule has 2 aliphatic carbocycles. The number of hydrogen-bond acceptors (Lipinski definition) is 4. The number of anilines is 1. The van der Waals surface area contributed by atoms with Crippen molar-refractivity contribution in [2.24, 2.45) is 23.5 Å². The zero-order valence-corrected chi connectivity index (χ0v) is 13.4. The first-order valence-corrected chi connectivity index (χ1v) is 8.86. The molecule has 2 bridgehead atoms. The smallest absolute Gasteiger partial charge is 0.326 e. The maximum atomic E-state index is 13.6. The van der Waals surface area contributed by atoms with E-state index in [0.29, 0.717) is 12.1 Å². The molecule has 0 spiro atoms. The normalized spacial score (nSPS) is 28.4.